The van der Waals surface area contributed by atoms with Gasteiger partial charge in [-0.2, -0.15) is 0 Å². The van der Waals surface area contributed by atoms with Crippen LogP contribution in [0, 0.1) is 11.7 Å². The van der Waals surface area contributed by atoms with Gasteiger partial charge in [0.05, 0.1) is 6.10 Å². The Morgan fingerprint density at radius 1 is 1.15 bits per heavy atom. The minimum absolute atomic E-state index is 0.116. The predicted octanol–water partition coefficient (Wildman–Crippen LogP) is 3.70. The molecule has 1 fully saturated rings. The third-order valence-electron chi connectivity index (χ3n) is 4.77. The van der Waals surface area contributed by atoms with Crippen LogP contribution in [-0.2, 0) is 11.2 Å². The summed E-state index contributed by atoms with van der Waals surface area (Å²) in [5.74, 6) is 0.986. The van der Waals surface area contributed by atoms with E-state index in [0.29, 0.717) is 12.5 Å². The van der Waals surface area contributed by atoms with Crippen LogP contribution in [0.5, 0.6) is 0 Å². The maximum absolute atomic E-state index is 13.3. The molecule has 0 aliphatic carbocycles. The van der Waals surface area contributed by atoms with E-state index >= 15 is 0 Å². The quantitative estimate of drug-likeness (QED) is 0.578. The second-order valence-corrected chi connectivity index (χ2v) is 6.78. The third-order valence-corrected chi connectivity index (χ3v) is 4.77. The standard InChI is InChI=1S/C22H28FN3O/c1-2-24-22(25-13-11-17-7-6-10-20(23)15-17)26-16-19-12-14-27-21(19)18-8-4-3-5-9-18/h3-10,15,19,21H,2,11-14,16H2,1H3,(H2,24,25,26). The van der Waals surface area contributed by atoms with Gasteiger partial charge in [-0.1, -0.05) is 42.5 Å². The Morgan fingerprint density at radius 2 is 2.00 bits per heavy atom. The van der Waals surface area contributed by atoms with Gasteiger partial charge in [0.1, 0.15) is 5.82 Å². The van der Waals surface area contributed by atoms with E-state index in [2.05, 4.69) is 41.8 Å². The molecule has 0 saturated carbocycles. The smallest absolute Gasteiger partial charge is 0.191 e. The monoisotopic (exact) mass is 369 g/mol. The average Bonchev–Trinajstić information content (AvgIpc) is 3.15. The Morgan fingerprint density at radius 3 is 2.78 bits per heavy atom. The first kappa shape index (κ1) is 19.4. The SMILES string of the molecule is CCNC(=NCC1CCOC1c1ccccc1)NCCc1cccc(F)c1. The van der Waals surface area contributed by atoms with Crippen LogP contribution in [0.1, 0.15) is 30.6 Å². The molecule has 2 aromatic rings. The lowest BCUT2D eigenvalue weighted by molar-refractivity contribution is 0.0925. The van der Waals surface area contributed by atoms with E-state index in [4.69, 9.17) is 9.73 Å². The molecule has 4 nitrogen and oxygen atoms in total. The van der Waals surface area contributed by atoms with Crippen LogP contribution in [0.4, 0.5) is 4.39 Å². The lowest BCUT2D eigenvalue weighted by Gasteiger charge is -2.18. The number of rotatable bonds is 7. The molecule has 27 heavy (non-hydrogen) atoms. The topological polar surface area (TPSA) is 45.7 Å². The Labute approximate surface area is 160 Å². The molecule has 0 aromatic heterocycles. The van der Waals surface area contributed by atoms with E-state index in [1.165, 1.54) is 11.6 Å². The van der Waals surface area contributed by atoms with E-state index in [9.17, 15) is 4.39 Å². The van der Waals surface area contributed by atoms with Crippen molar-refractivity contribution in [2.75, 3.05) is 26.2 Å². The van der Waals surface area contributed by atoms with Crippen molar-refractivity contribution < 1.29 is 9.13 Å². The second-order valence-electron chi connectivity index (χ2n) is 6.78. The first-order valence-corrected chi connectivity index (χ1v) is 9.69. The Balaban J connectivity index is 1.55. The molecule has 1 aliphatic rings. The number of nitrogens with zero attached hydrogens (tertiary/aromatic N) is 1. The molecule has 5 heteroatoms. The number of hydrogen-bond donors (Lipinski definition) is 2. The number of halogens is 1. The second kappa shape index (κ2) is 10.1. The van der Waals surface area contributed by atoms with Crippen molar-refractivity contribution in [2.24, 2.45) is 10.9 Å². The highest BCUT2D eigenvalue weighted by Crippen LogP contribution is 2.34. The van der Waals surface area contributed by atoms with Crippen LogP contribution < -0.4 is 10.6 Å². The maximum atomic E-state index is 13.3. The lowest BCUT2D eigenvalue weighted by atomic mass is 9.95. The van der Waals surface area contributed by atoms with Gasteiger partial charge in [0.2, 0.25) is 0 Å². The van der Waals surface area contributed by atoms with Gasteiger partial charge in [-0.15, -0.1) is 0 Å². The molecule has 1 heterocycles. The van der Waals surface area contributed by atoms with Gasteiger partial charge in [-0.05, 0) is 43.0 Å². The van der Waals surface area contributed by atoms with Crippen molar-refractivity contribution in [3.8, 4) is 0 Å². The van der Waals surface area contributed by atoms with Gasteiger partial charge in [0.15, 0.2) is 5.96 Å². The summed E-state index contributed by atoms with van der Waals surface area (Å²) in [7, 11) is 0. The molecule has 0 spiro atoms. The summed E-state index contributed by atoms with van der Waals surface area (Å²) in [6.45, 7) is 5.06. The van der Waals surface area contributed by atoms with Gasteiger partial charge in [0, 0.05) is 32.2 Å². The number of guanidine groups is 1. The van der Waals surface area contributed by atoms with Gasteiger partial charge in [0.25, 0.3) is 0 Å². The Hall–Kier alpha value is -2.40. The molecule has 2 unspecified atom stereocenters. The average molecular weight is 369 g/mol. The van der Waals surface area contributed by atoms with Crippen LogP contribution in [0.2, 0.25) is 0 Å². The number of ether oxygens (including phenoxy) is 1. The van der Waals surface area contributed by atoms with Crippen molar-refractivity contribution in [3.05, 3.63) is 71.5 Å². The summed E-state index contributed by atoms with van der Waals surface area (Å²) < 4.78 is 19.2. The van der Waals surface area contributed by atoms with E-state index in [0.717, 1.165) is 44.1 Å². The number of aliphatic imine (C=N–C) groups is 1. The first-order valence-electron chi connectivity index (χ1n) is 9.69. The number of hydrogen-bond acceptors (Lipinski definition) is 2. The summed E-state index contributed by atoms with van der Waals surface area (Å²) in [6.07, 6.45) is 1.89. The van der Waals surface area contributed by atoms with Crippen molar-refractivity contribution >= 4 is 5.96 Å². The zero-order chi connectivity index (χ0) is 18.9. The third kappa shape index (κ3) is 5.79. The highest BCUT2D eigenvalue weighted by Gasteiger charge is 2.29. The normalized spacial score (nSPS) is 19.9. The minimum Gasteiger partial charge on any atom is -0.373 e. The number of nitrogens with one attached hydrogen (secondary N) is 2. The number of benzene rings is 2. The van der Waals surface area contributed by atoms with E-state index in [1.54, 1.807) is 12.1 Å². The molecule has 1 saturated heterocycles. The summed E-state index contributed by atoms with van der Waals surface area (Å²) in [5.41, 5.74) is 2.20. The largest absolute Gasteiger partial charge is 0.373 e. The molecule has 2 N–H and O–H groups in total. The predicted molar refractivity (Wildman–Crippen MR) is 107 cm³/mol. The molecular weight excluding hydrogens is 341 g/mol. The van der Waals surface area contributed by atoms with Crippen molar-refractivity contribution in [1.29, 1.82) is 0 Å². The van der Waals surface area contributed by atoms with Crippen molar-refractivity contribution in [3.63, 3.8) is 0 Å². The maximum Gasteiger partial charge on any atom is 0.191 e. The van der Waals surface area contributed by atoms with Crippen LogP contribution in [0.25, 0.3) is 0 Å². The van der Waals surface area contributed by atoms with Crippen LogP contribution in [0.3, 0.4) is 0 Å². The molecule has 0 radical (unpaired) electrons. The Kier molecular flexibility index (Phi) is 7.22. The molecular formula is C22H28FN3O. The molecule has 0 amide bonds. The van der Waals surface area contributed by atoms with E-state index in [1.807, 2.05) is 12.1 Å². The van der Waals surface area contributed by atoms with Crippen LogP contribution >= 0.6 is 0 Å². The van der Waals surface area contributed by atoms with Gasteiger partial charge in [-0.3, -0.25) is 4.99 Å². The van der Waals surface area contributed by atoms with Crippen LogP contribution in [-0.4, -0.2) is 32.2 Å². The zero-order valence-electron chi connectivity index (χ0n) is 15.8. The summed E-state index contributed by atoms with van der Waals surface area (Å²) in [5, 5.41) is 6.63. The van der Waals surface area contributed by atoms with E-state index in [-0.39, 0.29) is 11.9 Å². The van der Waals surface area contributed by atoms with Gasteiger partial charge in [-0.25, -0.2) is 4.39 Å². The molecule has 3 rings (SSSR count). The Bertz CT molecular complexity index is 735. The minimum atomic E-state index is -0.193. The molecule has 144 valence electrons. The lowest BCUT2D eigenvalue weighted by Crippen LogP contribution is -2.38. The summed E-state index contributed by atoms with van der Waals surface area (Å²) in [4.78, 5) is 4.76. The molecule has 1 aliphatic heterocycles. The highest BCUT2D eigenvalue weighted by molar-refractivity contribution is 5.79. The van der Waals surface area contributed by atoms with Gasteiger partial charge >= 0.3 is 0 Å². The highest BCUT2D eigenvalue weighted by atomic mass is 19.1. The summed E-state index contributed by atoms with van der Waals surface area (Å²) in [6, 6.07) is 17.1. The summed E-state index contributed by atoms with van der Waals surface area (Å²) >= 11 is 0. The molecule has 2 atom stereocenters. The fourth-order valence-electron chi connectivity index (χ4n) is 3.40. The zero-order valence-corrected chi connectivity index (χ0v) is 15.8. The fourth-order valence-corrected chi connectivity index (χ4v) is 3.40. The van der Waals surface area contributed by atoms with Crippen LogP contribution in [0.15, 0.2) is 59.6 Å². The fraction of sp³-hybridized carbons (Fsp3) is 0.409. The van der Waals surface area contributed by atoms with Gasteiger partial charge < -0.3 is 15.4 Å². The van der Waals surface area contributed by atoms with E-state index < -0.39 is 0 Å². The molecule has 2 aromatic carbocycles. The van der Waals surface area contributed by atoms with Crippen molar-refractivity contribution in [2.45, 2.75) is 25.9 Å². The molecule has 0 bridgehead atoms. The first-order chi connectivity index (χ1) is 13.3. The van der Waals surface area contributed by atoms with Crippen molar-refractivity contribution in [1.82, 2.24) is 10.6 Å².